The van der Waals surface area contributed by atoms with Gasteiger partial charge in [-0.2, -0.15) is 0 Å². The van der Waals surface area contributed by atoms with Crippen LogP contribution in [0.4, 0.5) is 22.7 Å². The van der Waals surface area contributed by atoms with Gasteiger partial charge in [0, 0.05) is 96.1 Å². The van der Waals surface area contributed by atoms with Crippen LogP contribution in [0.15, 0.2) is 154 Å². The van der Waals surface area contributed by atoms with Gasteiger partial charge in [-0.25, -0.2) is 26.3 Å². The number of sulfonamides is 2. The van der Waals surface area contributed by atoms with E-state index >= 15 is 0 Å². The van der Waals surface area contributed by atoms with Gasteiger partial charge in [0.2, 0.25) is 0 Å². The third-order valence-corrected chi connectivity index (χ3v) is 17.9. The van der Waals surface area contributed by atoms with Crippen molar-refractivity contribution in [3.05, 3.63) is 171 Å². The molecule has 0 radical (unpaired) electrons. The summed E-state index contributed by atoms with van der Waals surface area (Å²) in [5.74, 6) is -1.44. The number of rotatable bonds is 22. The van der Waals surface area contributed by atoms with Gasteiger partial charge in [-0.15, -0.1) is 11.8 Å². The van der Waals surface area contributed by atoms with Crippen LogP contribution in [-0.4, -0.2) is 128 Å². The van der Waals surface area contributed by atoms with Gasteiger partial charge in [0.25, 0.3) is 37.5 Å². The lowest BCUT2D eigenvalue weighted by Crippen LogP contribution is -2.46. The molecule has 2 aliphatic rings. The highest BCUT2D eigenvalue weighted by Gasteiger charge is 2.29. The van der Waals surface area contributed by atoms with Crippen LogP contribution in [0.25, 0.3) is 11.1 Å². The Hall–Kier alpha value is -7.01. The number of anilines is 3. The zero-order chi connectivity index (χ0) is 56.3. The maximum absolute atomic E-state index is 13.7. The number of ether oxygens (including phenoxy) is 1. The van der Waals surface area contributed by atoms with Gasteiger partial charge < -0.3 is 24.8 Å². The van der Waals surface area contributed by atoms with Crippen LogP contribution in [0.3, 0.4) is 0 Å². The van der Waals surface area contributed by atoms with Gasteiger partial charge in [-0.05, 0) is 161 Å². The molecule has 79 heavy (non-hydrogen) atoms. The lowest BCUT2D eigenvalue weighted by atomic mass is 9.96. The summed E-state index contributed by atoms with van der Waals surface area (Å²) in [6, 6.07) is 38.4. The molecule has 6 aromatic carbocycles. The standard InChI is InChI=1S/C57H63ClN8O10S3/c1-4-76-57(69)42-26-30-64(31-27-42)48-19-21-50(22-20-48)78(72,73)61-56(68)43-14-24-52(40-10-15-45(58)16-11-40)44(36-43)38-63-32-34-65(35-33-63)47-17-12-41(13-18-47)55(67)60-79(74,75)51-23-25-53(54(37-51)66(70)71)59-46(28-29-62(2)3)39-77-49-8-6-5-7-9-49/h5-25,36-37,42,46,59H,4,26-35,38-39H2,1-3H3,(H,60,67)(H,61,68)/t46-/m1/s1. The van der Waals surface area contributed by atoms with Crippen molar-refractivity contribution in [1.29, 1.82) is 0 Å². The summed E-state index contributed by atoms with van der Waals surface area (Å²) in [7, 11) is -4.89. The van der Waals surface area contributed by atoms with E-state index in [0.29, 0.717) is 89.0 Å². The fourth-order valence-electron chi connectivity index (χ4n) is 9.45. The van der Waals surface area contributed by atoms with Crippen LogP contribution >= 0.6 is 23.4 Å². The Morgan fingerprint density at radius 2 is 1.32 bits per heavy atom. The van der Waals surface area contributed by atoms with Crippen molar-refractivity contribution in [2.24, 2.45) is 5.92 Å². The lowest BCUT2D eigenvalue weighted by Gasteiger charge is -2.36. The number of piperidine rings is 1. The molecule has 6 aromatic rings. The minimum Gasteiger partial charge on any atom is -0.466 e. The molecule has 0 aromatic heterocycles. The normalized spacial score (nSPS) is 14.8. The average molecular weight is 1150 g/mol. The monoisotopic (exact) mass is 1150 g/mol. The number of amides is 2. The smallest absolute Gasteiger partial charge is 0.309 e. The van der Waals surface area contributed by atoms with Crippen molar-refractivity contribution < 1.29 is 40.9 Å². The molecule has 2 aliphatic heterocycles. The van der Waals surface area contributed by atoms with Gasteiger partial charge in [0.1, 0.15) is 5.69 Å². The number of nitro groups is 1. The minimum atomic E-state index is -4.52. The Morgan fingerprint density at radius 3 is 1.94 bits per heavy atom. The largest absolute Gasteiger partial charge is 0.466 e. The first-order valence-electron chi connectivity index (χ1n) is 25.9. The van der Waals surface area contributed by atoms with E-state index in [9.17, 15) is 41.3 Å². The molecule has 0 bridgehead atoms. The Morgan fingerprint density at radius 1 is 0.734 bits per heavy atom. The van der Waals surface area contributed by atoms with E-state index in [1.54, 1.807) is 73.3 Å². The van der Waals surface area contributed by atoms with Crippen molar-refractivity contribution in [3.8, 4) is 11.1 Å². The summed E-state index contributed by atoms with van der Waals surface area (Å²) in [5.41, 5.74) is 4.07. The SMILES string of the molecule is CCOC(=O)C1CCN(c2ccc(S(=O)(=O)NC(=O)c3ccc(-c4ccc(Cl)cc4)c(CN4CCN(c5ccc(C(=O)NS(=O)(=O)c6ccc(N[C@H](CCN(C)C)CSc7ccccc7)c([N+](=O)[O-])c6)cc5)CC4)c3)cc2)CC1. The molecule has 416 valence electrons. The number of hydrogen-bond acceptors (Lipinski definition) is 16. The molecule has 2 heterocycles. The topological polar surface area (TPSA) is 221 Å². The van der Waals surface area contributed by atoms with Gasteiger partial charge in [0.15, 0.2) is 0 Å². The summed E-state index contributed by atoms with van der Waals surface area (Å²) in [5, 5.41) is 16.1. The molecule has 2 fully saturated rings. The Bertz CT molecular complexity index is 3340. The number of carbonyl (C=O) groups is 3. The summed E-state index contributed by atoms with van der Waals surface area (Å²) in [4.78, 5) is 60.0. The fraction of sp³-hybridized carbons (Fsp3) is 0.316. The van der Waals surface area contributed by atoms with E-state index in [1.165, 1.54) is 36.4 Å². The van der Waals surface area contributed by atoms with Crippen molar-refractivity contribution in [3.63, 3.8) is 0 Å². The molecule has 3 N–H and O–H groups in total. The molecule has 22 heteroatoms. The molecular formula is C57H63ClN8O10S3. The number of nitrogens with one attached hydrogen (secondary N) is 3. The Labute approximate surface area is 470 Å². The number of halogens is 1. The number of nitro benzene ring substituents is 1. The molecule has 0 aliphatic carbocycles. The van der Waals surface area contributed by atoms with Crippen LogP contribution in [0.1, 0.15) is 52.5 Å². The fourth-order valence-corrected chi connectivity index (χ4v) is 12.5. The number of carbonyl (C=O) groups excluding carboxylic acids is 3. The first-order chi connectivity index (χ1) is 37.8. The van der Waals surface area contributed by atoms with Crippen LogP contribution in [0.2, 0.25) is 5.02 Å². The molecule has 18 nitrogen and oxygen atoms in total. The summed E-state index contributed by atoms with van der Waals surface area (Å²) in [6.07, 6.45) is 1.93. The predicted molar refractivity (Wildman–Crippen MR) is 309 cm³/mol. The highest BCUT2D eigenvalue weighted by Crippen LogP contribution is 2.32. The second-order valence-electron chi connectivity index (χ2n) is 19.6. The maximum Gasteiger partial charge on any atom is 0.309 e. The van der Waals surface area contributed by atoms with E-state index in [1.807, 2.05) is 61.5 Å². The summed E-state index contributed by atoms with van der Waals surface area (Å²) < 4.78 is 63.7. The van der Waals surface area contributed by atoms with Gasteiger partial charge >= 0.3 is 5.97 Å². The van der Waals surface area contributed by atoms with Crippen molar-refractivity contribution >= 4 is 83.9 Å². The highest BCUT2D eigenvalue weighted by atomic mass is 35.5. The van der Waals surface area contributed by atoms with Crippen LogP contribution in [0, 0.1) is 16.0 Å². The van der Waals surface area contributed by atoms with E-state index in [4.69, 9.17) is 16.3 Å². The van der Waals surface area contributed by atoms with Crippen molar-refractivity contribution in [1.82, 2.24) is 19.2 Å². The molecular weight excluding hydrogens is 1090 g/mol. The van der Waals surface area contributed by atoms with Crippen LogP contribution < -0.4 is 24.6 Å². The number of hydrogen-bond donors (Lipinski definition) is 3. The molecule has 8 rings (SSSR count). The molecule has 2 amide bonds. The van der Waals surface area contributed by atoms with Gasteiger partial charge in [-0.1, -0.05) is 48.0 Å². The molecule has 0 saturated carbocycles. The van der Waals surface area contributed by atoms with E-state index in [-0.39, 0.29) is 39.6 Å². The molecule has 1 atom stereocenters. The minimum absolute atomic E-state index is 0.0669. The van der Waals surface area contributed by atoms with Crippen molar-refractivity contribution in [2.45, 2.75) is 53.5 Å². The quantitative estimate of drug-likeness (QED) is 0.0250. The first kappa shape index (κ1) is 58.1. The Kier molecular flexibility index (Phi) is 19.4. The number of thioether (sulfide) groups is 1. The number of esters is 1. The number of piperazine rings is 1. The Balaban J connectivity index is 0.879. The average Bonchev–Trinajstić information content (AvgIpc) is 3.49. The highest BCUT2D eigenvalue weighted by molar-refractivity contribution is 7.99. The van der Waals surface area contributed by atoms with Crippen LogP contribution in [-0.2, 0) is 36.1 Å². The van der Waals surface area contributed by atoms with E-state index in [0.717, 1.165) is 39.0 Å². The predicted octanol–water partition coefficient (Wildman–Crippen LogP) is 8.78. The van der Waals surface area contributed by atoms with Crippen LogP contribution in [0.5, 0.6) is 0 Å². The summed E-state index contributed by atoms with van der Waals surface area (Å²) >= 11 is 7.85. The molecule has 0 spiro atoms. The second-order valence-corrected chi connectivity index (χ2v) is 24.5. The van der Waals surface area contributed by atoms with E-state index in [2.05, 4.69) is 29.5 Å². The van der Waals surface area contributed by atoms with Gasteiger partial charge in [0.05, 0.1) is 27.2 Å². The number of nitrogens with zero attached hydrogens (tertiary/aromatic N) is 5. The third kappa shape index (κ3) is 15.4. The zero-order valence-corrected chi connectivity index (χ0v) is 47.3. The molecule has 0 unspecified atom stereocenters. The summed E-state index contributed by atoms with van der Waals surface area (Å²) in [6.45, 7) is 6.89. The van der Waals surface area contributed by atoms with Crippen molar-refractivity contribution in [2.75, 3.05) is 87.4 Å². The third-order valence-electron chi connectivity index (χ3n) is 13.8. The first-order valence-corrected chi connectivity index (χ1v) is 30.2. The van der Waals surface area contributed by atoms with Gasteiger partial charge in [-0.3, -0.25) is 29.4 Å². The molecule has 2 saturated heterocycles. The second kappa shape index (κ2) is 26.3. The number of benzene rings is 6. The van der Waals surface area contributed by atoms with E-state index < -0.39 is 47.4 Å². The zero-order valence-electron chi connectivity index (χ0n) is 44.0. The maximum atomic E-state index is 13.7. The lowest BCUT2D eigenvalue weighted by molar-refractivity contribution is -0.384.